The molecule has 0 saturated heterocycles. The molecule has 0 aromatic heterocycles. The van der Waals surface area contributed by atoms with Crippen molar-refractivity contribution < 1.29 is 14.3 Å². The van der Waals surface area contributed by atoms with Crippen LogP contribution in [-0.2, 0) is 4.79 Å². The number of carbonyl (C=O) groups is 1. The second kappa shape index (κ2) is 4.08. The SMILES string of the molecule is Cc1ccc(F)cc1[C@H]1CC(=O)C=C(O)C1. The number of ketones is 1. The minimum atomic E-state index is -0.304. The van der Waals surface area contributed by atoms with Crippen LogP contribution >= 0.6 is 0 Å². The van der Waals surface area contributed by atoms with Gasteiger partial charge in [0.15, 0.2) is 5.78 Å². The van der Waals surface area contributed by atoms with E-state index in [-0.39, 0.29) is 23.3 Å². The third-order valence-electron chi connectivity index (χ3n) is 2.91. The van der Waals surface area contributed by atoms with Crippen molar-refractivity contribution in [3.05, 3.63) is 47.0 Å². The Labute approximate surface area is 93.4 Å². The highest BCUT2D eigenvalue weighted by atomic mass is 19.1. The van der Waals surface area contributed by atoms with E-state index in [1.54, 1.807) is 6.07 Å². The average Bonchev–Trinajstić information content (AvgIpc) is 2.20. The molecule has 1 aromatic rings. The van der Waals surface area contributed by atoms with Crippen molar-refractivity contribution >= 4 is 5.78 Å². The second-order valence-electron chi connectivity index (χ2n) is 4.21. The third-order valence-corrected chi connectivity index (χ3v) is 2.91. The molecule has 0 heterocycles. The molecular formula is C13H13FO2. The fourth-order valence-corrected chi connectivity index (χ4v) is 2.14. The zero-order valence-corrected chi connectivity index (χ0v) is 9.03. The van der Waals surface area contributed by atoms with E-state index in [9.17, 15) is 14.3 Å². The van der Waals surface area contributed by atoms with Gasteiger partial charge in [0, 0.05) is 18.9 Å². The van der Waals surface area contributed by atoms with Gasteiger partial charge in [-0.1, -0.05) is 6.07 Å². The molecule has 1 aliphatic rings. The lowest BCUT2D eigenvalue weighted by Crippen LogP contribution is -2.13. The summed E-state index contributed by atoms with van der Waals surface area (Å²) in [5, 5.41) is 9.42. The number of aliphatic hydroxyl groups excluding tert-OH is 1. The van der Waals surface area contributed by atoms with Gasteiger partial charge in [0.25, 0.3) is 0 Å². The van der Waals surface area contributed by atoms with E-state index in [0.717, 1.165) is 11.1 Å². The first-order valence-corrected chi connectivity index (χ1v) is 5.24. The second-order valence-corrected chi connectivity index (χ2v) is 4.21. The Kier molecular flexibility index (Phi) is 2.77. The van der Waals surface area contributed by atoms with E-state index in [1.807, 2.05) is 6.92 Å². The van der Waals surface area contributed by atoms with E-state index in [4.69, 9.17) is 0 Å². The Morgan fingerprint density at radius 1 is 1.38 bits per heavy atom. The van der Waals surface area contributed by atoms with Crippen LogP contribution < -0.4 is 0 Å². The summed E-state index contributed by atoms with van der Waals surface area (Å²) in [6.45, 7) is 1.88. The fourth-order valence-electron chi connectivity index (χ4n) is 2.14. The van der Waals surface area contributed by atoms with Gasteiger partial charge < -0.3 is 5.11 Å². The normalized spacial score (nSPS) is 20.8. The molecule has 1 N–H and O–H groups in total. The quantitative estimate of drug-likeness (QED) is 0.789. The predicted molar refractivity (Wildman–Crippen MR) is 58.8 cm³/mol. The molecule has 0 saturated carbocycles. The summed E-state index contributed by atoms with van der Waals surface area (Å²) in [7, 11) is 0. The minimum Gasteiger partial charge on any atom is -0.512 e. The summed E-state index contributed by atoms with van der Waals surface area (Å²) in [6.07, 6.45) is 2.01. The average molecular weight is 220 g/mol. The smallest absolute Gasteiger partial charge is 0.159 e. The van der Waals surface area contributed by atoms with Crippen LogP contribution in [-0.4, -0.2) is 10.9 Å². The van der Waals surface area contributed by atoms with E-state index in [1.165, 1.54) is 18.2 Å². The van der Waals surface area contributed by atoms with Gasteiger partial charge in [0.1, 0.15) is 5.82 Å². The van der Waals surface area contributed by atoms with Gasteiger partial charge in [-0.2, -0.15) is 0 Å². The molecule has 2 rings (SSSR count). The molecule has 0 fully saturated rings. The van der Waals surface area contributed by atoms with Gasteiger partial charge in [-0.25, -0.2) is 4.39 Å². The van der Waals surface area contributed by atoms with Crippen LogP contribution in [0.1, 0.15) is 29.9 Å². The third kappa shape index (κ3) is 2.13. The van der Waals surface area contributed by atoms with Crippen LogP contribution in [0.3, 0.4) is 0 Å². The van der Waals surface area contributed by atoms with Gasteiger partial charge in [0.2, 0.25) is 0 Å². The maximum absolute atomic E-state index is 13.1. The predicted octanol–water partition coefficient (Wildman–Crippen LogP) is 3.02. The molecule has 16 heavy (non-hydrogen) atoms. The minimum absolute atomic E-state index is 0.0879. The molecule has 0 aliphatic heterocycles. The highest BCUT2D eigenvalue weighted by Gasteiger charge is 2.23. The highest BCUT2D eigenvalue weighted by molar-refractivity contribution is 5.91. The Bertz CT molecular complexity index is 463. The van der Waals surface area contributed by atoms with Gasteiger partial charge >= 0.3 is 0 Å². The molecule has 0 radical (unpaired) electrons. The Morgan fingerprint density at radius 2 is 2.12 bits per heavy atom. The molecule has 1 atom stereocenters. The zero-order valence-electron chi connectivity index (χ0n) is 9.03. The van der Waals surface area contributed by atoms with Crippen LogP contribution in [0, 0.1) is 12.7 Å². The number of rotatable bonds is 1. The van der Waals surface area contributed by atoms with Crippen molar-refractivity contribution in [2.75, 3.05) is 0 Å². The van der Waals surface area contributed by atoms with E-state index >= 15 is 0 Å². The van der Waals surface area contributed by atoms with Crippen LogP contribution in [0.2, 0.25) is 0 Å². The van der Waals surface area contributed by atoms with Crippen molar-refractivity contribution in [1.82, 2.24) is 0 Å². The molecule has 0 amide bonds. The maximum Gasteiger partial charge on any atom is 0.159 e. The molecule has 3 heteroatoms. The Hall–Kier alpha value is -1.64. The number of hydrogen-bond acceptors (Lipinski definition) is 2. The van der Waals surface area contributed by atoms with Crippen LogP contribution in [0.15, 0.2) is 30.0 Å². The summed E-state index contributed by atoms with van der Waals surface area (Å²) in [6, 6.07) is 4.55. The van der Waals surface area contributed by atoms with Crippen molar-refractivity contribution in [2.45, 2.75) is 25.7 Å². The zero-order chi connectivity index (χ0) is 11.7. The number of aryl methyl sites for hydroxylation is 1. The van der Waals surface area contributed by atoms with Gasteiger partial charge in [-0.05, 0) is 36.1 Å². The van der Waals surface area contributed by atoms with Crippen molar-refractivity contribution in [1.29, 1.82) is 0 Å². The molecule has 0 unspecified atom stereocenters. The van der Waals surface area contributed by atoms with Gasteiger partial charge in [-0.3, -0.25) is 4.79 Å². The van der Waals surface area contributed by atoms with E-state index in [2.05, 4.69) is 0 Å². The summed E-state index contributed by atoms with van der Waals surface area (Å²) in [4.78, 5) is 11.3. The van der Waals surface area contributed by atoms with E-state index in [0.29, 0.717) is 12.8 Å². The largest absolute Gasteiger partial charge is 0.512 e. The lowest BCUT2D eigenvalue weighted by molar-refractivity contribution is -0.115. The monoisotopic (exact) mass is 220 g/mol. The molecule has 1 aliphatic carbocycles. The maximum atomic E-state index is 13.1. The standard InChI is InChI=1S/C13H13FO2/c1-8-2-3-10(14)6-13(8)9-4-11(15)7-12(16)5-9/h2-3,6-7,9,15H,4-5H2,1H3/t9-/m1/s1. The van der Waals surface area contributed by atoms with Crippen molar-refractivity contribution in [2.24, 2.45) is 0 Å². The van der Waals surface area contributed by atoms with Crippen LogP contribution in [0.4, 0.5) is 4.39 Å². The topological polar surface area (TPSA) is 37.3 Å². The lowest BCUT2D eigenvalue weighted by Gasteiger charge is -2.21. The van der Waals surface area contributed by atoms with Gasteiger partial charge in [-0.15, -0.1) is 0 Å². The lowest BCUT2D eigenvalue weighted by atomic mass is 9.84. The first-order chi connectivity index (χ1) is 7.56. The number of halogens is 1. The first-order valence-electron chi connectivity index (χ1n) is 5.24. The summed E-state index contributed by atoms with van der Waals surface area (Å²) < 4.78 is 13.1. The number of carbonyl (C=O) groups excluding carboxylic acids is 1. The first kappa shape index (κ1) is 10.9. The number of benzene rings is 1. The van der Waals surface area contributed by atoms with Crippen molar-refractivity contribution in [3.8, 4) is 0 Å². The van der Waals surface area contributed by atoms with Crippen LogP contribution in [0.25, 0.3) is 0 Å². The van der Waals surface area contributed by atoms with Crippen molar-refractivity contribution in [3.63, 3.8) is 0 Å². The van der Waals surface area contributed by atoms with Gasteiger partial charge in [0.05, 0.1) is 5.76 Å². The molecule has 84 valence electrons. The number of aliphatic hydroxyl groups is 1. The van der Waals surface area contributed by atoms with E-state index < -0.39 is 0 Å². The molecule has 2 nitrogen and oxygen atoms in total. The molecule has 0 spiro atoms. The molecule has 0 bridgehead atoms. The molecule has 1 aromatic carbocycles. The Morgan fingerprint density at radius 3 is 2.81 bits per heavy atom. The Balaban J connectivity index is 2.35. The summed E-state index contributed by atoms with van der Waals surface area (Å²) >= 11 is 0. The number of allylic oxidation sites excluding steroid dienone is 2. The van der Waals surface area contributed by atoms with Crippen LogP contribution in [0.5, 0.6) is 0 Å². The summed E-state index contributed by atoms with van der Waals surface area (Å²) in [5.74, 6) is -0.419. The molecular weight excluding hydrogens is 207 g/mol. The summed E-state index contributed by atoms with van der Waals surface area (Å²) in [5.41, 5.74) is 1.77. The number of hydrogen-bond donors (Lipinski definition) is 1. The fraction of sp³-hybridized carbons (Fsp3) is 0.308. The highest BCUT2D eigenvalue weighted by Crippen LogP contribution is 2.32.